The zero-order chi connectivity index (χ0) is 27.9. The molecule has 0 atom stereocenters. The summed E-state index contributed by atoms with van der Waals surface area (Å²) in [6.07, 6.45) is 1.33. The number of nitrogens with one attached hydrogen (secondary N) is 2. The van der Waals surface area contributed by atoms with E-state index in [0.717, 1.165) is 24.2 Å². The summed E-state index contributed by atoms with van der Waals surface area (Å²) in [4.78, 5) is 66.3. The van der Waals surface area contributed by atoms with Gasteiger partial charge in [-0.25, -0.2) is 9.59 Å². The SMILES string of the molecule is CN(C)CCCNC(=O)C12N3COCN1C(=O)N1Cc4ccccc4CN(C3=O)C12C(=O)NCCCN(C)C. The second-order valence-electron chi connectivity index (χ2n) is 11.0. The van der Waals surface area contributed by atoms with Crippen LogP contribution >= 0.6 is 0 Å². The van der Waals surface area contributed by atoms with E-state index in [1.165, 1.54) is 19.6 Å². The molecular formula is C26H38N8O5. The van der Waals surface area contributed by atoms with E-state index < -0.39 is 35.2 Å². The van der Waals surface area contributed by atoms with Crippen molar-refractivity contribution in [3.05, 3.63) is 35.4 Å². The molecule has 4 aliphatic rings. The largest absolute Gasteiger partial charge is 0.352 e. The van der Waals surface area contributed by atoms with Crippen LogP contribution in [0.15, 0.2) is 24.3 Å². The highest BCUT2D eigenvalue weighted by atomic mass is 16.5. The number of amides is 6. The fourth-order valence-corrected chi connectivity index (χ4v) is 6.23. The van der Waals surface area contributed by atoms with Gasteiger partial charge in [0.05, 0.1) is 13.1 Å². The quantitative estimate of drug-likeness (QED) is 0.388. The normalized spacial score (nSPS) is 25.3. The second kappa shape index (κ2) is 10.3. The smallest absolute Gasteiger partial charge is 0.327 e. The predicted molar refractivity (Wildman–Crippen MR) is 141 cm³/mol. The molecule has 5 rings (SSSR count). The first-order valence-electron chi connectivity index (χ1n) is 13.4. The van der Waals surface area contributed by atoms with Crippen molar-refractivity contribution in [3.63, 3.8) is 0 Å². The first kappa shape index (κ1) is 27.2. The number of hydrogen-bond donors (Lipinski definition) is 2. The molecule has 0 unspecified atom stereocenters. The van der Waals surface area contributed by atoms with Gasteiger partial charge in [0.1, 0.15) is 13.5 Å². The molecule has 13 heteroatoms. The van der Waals surface area contributed by atoms with Crippen LogP contribution in [0, 0.1) is 0 Å². The molecule has 0 radical (unpaired) electrons. The minimum Gasteiger partial charge on any atom is -0.352 e. The van der Waals surface area contributed by atoms with Crippen LogP contribution in [0.25, 0.3) is 0 Å². The molecule has 0 saturated carbocycles. The molecule has 6 amide bonds. The number of fused-ring (bicyclic) bond motifs is 1. The molecule has 0 aromatic heterocycles. The Morgan fingerprint density at radius 2 is 1.18 bits per heavy atom. The first-order chi connectivity index (χ1) is 18.7. The average molecular weight is 543 g/mol. The molecule has 13 nitrogen and oxygen atoms in total. The van der Waals surface area contributed by atoms with E-state index in [1.807, 2.05) is 62.3 Å². The molecule has 39 heavy (non-hydrogen) atoms. The number of ether oxygens (including phenoxy) is 1. The van der Waals surface area contributed by atoms with Gasteiger partial charge in [0.2, 0.25) is 0 Å². The predicted octanol–water partition coefficient (Wildman–Crippen LogP) is -0.351. The third-order valence-corrected chi connectivity index (χ3v) is 7.96. The number of carbonyl (C=O) groups excluding carboxylic acids is 4. The van der Waals surface area contributed by atoms with E-state index in [0.29, 0.717) is 25.9 Å². The molecule has 4 aliphatic heterocycles. The van der Waals surface area contributed by atoms with Crippen LogP contribution in [-0.2, 0) is 27.4 Å². The van der Waals surface area contributed by atoms with Crippen LogP contribution in [0.4, 0.5) is 9.59 Å². The van der Waals surface area contributed by atoms with E-state index in [4.69, 9.17) is 4.74 Å². The van der Waals surface area contributed by atoms with Gasteiger partial charge in [-0.05, 0) is 65.2 Å². The Hall–Kier alpha value is -3.42. The molecule has 1 aromatic rings. The summed E-state index contributed by atoms with van der Waals surface area (Å²) >= 11 is 0. The lowest BCUT2D eigenvalue weighted by atomic mass is 9.88. The Morgan fingerprint density at radius 1 is 0.769 bits per heavy atom. The maximum absolute atomic E-state index is 14.5. The lowest BCUT2D eigenvalue weighted by Crippen LogP contribution is -2.79. The zero-order valence-corrected chi connectivity index (χ0v) is 23.1. The van der Waals surface area contributed by atoms with E-state index in [-0.39, 0.29) is 26.6 Å². The topological polar surface area (TPSA) is 121 Å². The maximum Gasteiger partial charge on any atom is 0.327 e. The molecule has 212 valence electrons. The number of urea groups is 2. The van der Waals surface area contributed by atoms with Crippen LogP contribution in [0.5, 0.6) is 0 Å². The zero-order valence-electron chi connectivity index (χ0n) is 23.1. The summed E-state index contributed by atoms with van der Waals surface area (Å²) in [5.74, 6) is -1.11. The molecule has 0 aliphatic carbocycles. The maximum atomic E-state index is 14.5. The molecule has 0 spiro atoms. The van der Waals surface area contributed by atoms with E-state index in [9.17, 15) is 19.2 Å². The summed E-state index contributed by atoms with van der Waals surface area (Å²) in [5.41, 5.74) is -2.21. The van der Waals surface area contributed by atoms with Crippen LogP contribution in [0.2, 0.25) is 0 Å². The van der Waals surface area contributed by atoms with Gasteiger partial charge in [0.15, 0.2) is 0 Å². The minimum atomic E-state index is -1.93. The van der Waals surface area contributed by atoms with Crippen LogP contribution in [-0.4, -0.2) is 132 Å². The average Bonchev–Trinajstić information content (AvgIpc) is 3.18. The van der Waals surface area contributed by atoms with Crippen molar-refractivity contribution >= 4 is 23.9 Å². The Labute approximate surface area is 228 Å². The number of carbonyl (C=O) groups is 4. The molecule has 0 bridgehead atoms. The van der Waals surface area contributed by atoms with Crippen molar-refractivity contribution in [2.75, 3.05) is 67.8 Å². The van der Waals surface area contributed by atoms with E-state index in [2.05, 4.69) is 10.6 Å². The van der Waals surface area contributed by atoms with Crippen LogP contribution < -0.4 is 10.6 Å². The molecule has 3 fully saturated rings. The van der Waals surface area contributed by atoms with Crippen molar-refractivity contribution in [1.29, 1.82) is 0 Å². The van der Waals surface area contributed by atoms with Crippen molar-refractivity contribution in [3.8, 4) is 0 Å². The van der Waals surface area contributed by atoms with Gasteiger partial charge in [-0.3, -0.25) is 29.2 Å². The third kappa shape index (κ3) is 3.94. The fraction of sp³-hybridized carbons (Fsp3) is 0.615. The van der Waals surface area contributed by atoms with Gasteiger partial charge in [-0.2, -0.15) is 0 Å². The highest BCUT2D eigenvalue weighted by Crippen LogP contribution is 2.55. The molecule has 4 heterocycles. The first-order valence-corrected chi connectivity index (χ1v) is 13.4. The summed E-state index contributed by atoms with van der Waals surface area (Å²) < 4.78 is 5.65. The van der Waals surface area contributed by atoms with Crippen LogP contribution in [0.3, 0.4) is 0 Å². The van der Waals surface area contributed by atoms with Gasteiger partial charge >= 0.3 is 12.1 Å². The standard InChI is InChI=1S/C26H38N8O5/c1-29(2)13-7-11-27-21(35)25-26(22(36)28-12-8-14-30(3)4)33-17-39-18-34(26)24(38)32(25)16-20-10-6-5-9-19(20)15-31(25)23(33)37/h5-6,9-10H,7-8,11-18H2,1-4H3,(H,27,35)(H,28,36). The summed E-state index contributed by atoms with van der Waals surface area (Å²) in [6.45, 7) is 1.86. The molecule has 3 saturated heterocycles. The Kier molecular flexibility index (Phi) is 7.16. The monoisotopic (exact) mass is 542 g/mol. The Balaban J connectivity index is 1.62. The number of hydrogen-bond acceptors (Lipinski definition) is 7. The highest BCUT2D eigenvalue weighted by molar-refractivity contribution is 6.12. The number of rotatable bonds is 10. The molecule has 1 aromatic carbocycles. The Morgan fingerprint density at radius 3 is 1.59 bits per heavy atom. The van der Waals surface area contributed by atoms with Crippen molar-refractivity contribution in [2.24, 2.45) is 0 Å². The van der Waals surface area contributed by atoms with Gasteiger partial charge in [-0.15, -0.1) is 0 Å². The van der Waals surface area contributed by atoms with E-state index in [1.54, 1.807) is 0 Å². The molecule has 2 N–H and O–H groups in total. The third-order valence-electron chi connectivity index (χ3n) is 7.96. The number of nitrogens with zero attached hydrogens (tertiary/aromatic N) is 6. The van der Waals surface area contributed by atoms with Gasteiger partial charge < -0.3 is 25.2 Å². The van der Waals surface area contributed by atoms with E-state index >= 15 is 0 Å². The van der Waals surface area contributed by atoms with Crippen molar-refractivity contribution < 1.29 is 23.9 Å². The van der Waals surface area contributed by atoms with Gasteiger partial charge in [0, 0.05) is 13.1 Å². The Bertz CT molecular complexity index is 1100. The lowest BCUT2D eigenvalue weighted by Gasteiger charge is -2.47. The van der Waals surface area contributed by atoms with Crippen LogP contribution in [0.1, 0.15) is 24.0 Å². The minimum absolute atomic E-state index is 0.0733. The van der Waals surface area contributed by atoms with Crippen molar-refractivity contribution in [1.82, 2.24) is 40.0 Å². The van der Waals surface area contributed by atoms with Gasteiger partial charge in [-0.1, -0.05) is 24.3 Å². The summed E-state index contributed by atoms with van der Waals surface area (Å²) in [6, 6.07) is 6.44. The fourth-order valence-electron chi connectivity index (χ4n) is 6.23. The van der Waals surface area contributed by atoms with Crippen molar-refractivity contribution in [2.45, 2.75) is 37.3 Å². The summed E-state index contributed by atoms with van der Waals surface area (Å²) in [5, 5.41) is 5.94. The number of benzene rings is 1. The molecular weight excluding hydrogens is 504 g/mol. The summed E-state index contributed by atoms with van der Waals surface area (Å²) in [7, 11) is 7.78. The van der Waals surface area contributed by atoms with Gasteiger partial charge in [0.25, 0.3) is 23.1 Å². The second-order valence-corrected chi connectivity index (χ2v) is 11.0. The lowest BCUT2D eigenvalue weighted by molar-refractivity contribution is -0.189. The highest BCUT2D eigenvalue weighted by Gasteiger charge is 2.86.